The molecule has 3 amide bonds. The highest BCUT2D eigenvalue weighted by Crippen LogP contribution is 2.24. The van der Waals surface area contributed by atoms with Crippen LogP contribution in [0.4, 0.5) is 5.69 Å². The van der Waals surface area contributed by atoms with E-state index in [9.17, 15) is 14.4 Å². The third-order valence-corrected chi connectivity index (χ3v) is 4.67. The van der Waals surface area contributed by atoms with Crippen LogP contribution in [-0.2, 0) is 9.59 Å². The molecule has 1 aromatic carbocycles. The highest BCUT2D eigenvalue weighted by molar-refractivity contribution is 6.00. The summed E-state index contributed by atoms with van der Waals surface area (Å²) in [5, 5.41) is 0. The lowest BCUT2D eigenvalue weighted by atomic mass is 10.1. The van der Waals surface area contributed by atoms with Crippen LogP contribution in [0, 0.1) is 0 Å². The van der Waals surface area contributed by atoms with Gasteiger partial charge in [0.05, 0.1) is 0 Å². The van der Waals surface area contributed by atoms with Gasteiger partial charge in [0.2, 0.25) is 11.8 Å². The molecule has 0 aliphatic carbocycles. The van der Waals surface area contributed by atoms with Gasteiger partial charge in [0.15, 0.2) is 0 Å². The number of rotatable bonds is 3. The third-order valence-electron chi connectivity index (χ3n) is 4.67. The Bertz CT molecular complexity index is 658. The predicted molar refractivity (Wildman–Crippen MR) is 86.2 cm³/mol. The molecule has 0 saturated carbocycles. The highest BCUT2D eigenvalue weighted by atomic mass is 16.2. The second kappa shape index (κ2) is 6.02. The van der Waals surface area contributed by atoms with Crippen LogP contribution in [0.15, 0.2) is 24.3 Å². The summed E-state index contributed by atoms with van der Waals surface area (Å²) in [6.45, 7) is 1.36. The van der Waals surface area contributed by atoms with E-state index in [4.69, 9.17) is 0 Å². The van der Waals surface area contributed by atoms with Crippen molar-refractivity contribution in [1.29, 1.82) is 0 Å². The van der Waals surface area contributed by atoms with Crippen LogP contribution in [0.25, 0.3) is 0 Å². The number of nitrogens with zero attached hydrogens (tertiary/aromatic N) is 3. The Hall–Kier alpha value is -2.37. The molecule has 0 N–H and O–H groups in total. The zero-order chi connectivity index (χ0) is 16.6. The van der Waals surface area contributed by atoms with E-state index in [2.05, 4.69) is 0 Å². The molecule has 3 rings (SSSR count). The van der Waals surface area contributed by atoms with Gasteiger partial charge in [-0.3, -0.25) is 14.4 Å². The molecule has 0 radical (unpaired) electrons. The number of hydrogen-bond donors (Lipinski definition) is 0. The van der Waals surface area contributed by atoms with E-state index < -0.39 is 6.04 Å². The number of benzene rings is 1. The van der Waals surface area contributed by atoms with E-state index in [-0.39, 0.29) is 17.7 Å². The van der Waals surface area contributed by atoms with Crippen LogP contribution >= 0.6 is 0 Å². The zero-order valence-electron chi connectivity index (χ0n) is 13.5. The summed E-state index contributed by atoms with van der Waals surface area (Å²) in [6.07, 6.45) is 2.06. The molecule has 6 nitrogen and oxygen atoms in total. The molecule has 2 saturated heterocycles. The van der Waals surface area contributed by atoms with Gasteiger partial charge in [0.1, 0.15) is 6.04 Å². The summed E-state index contributed by atoms with van der Waals surface area (Å²) < 4.78 is 0. The first-order chi connectivity index (χ1) is 11.0. The Morgan fingerprint density at radius 1 is 1.26 bits per heavy atom. The molecule has 2 aliphatic heterocycles. The second-order valence-corrected chi connectivity index (χ2v) is 6.18. The Morgan fingerprint density at radius 3 is 2.65 bits per heavy atom. The molecule has 1 aromatic rings. The Labute approximate surface area is 135 Å². The third kappa shape index (κ3) is 2.81. The lowest BCUT2D eigenvalue weighted by molar-refractivity contribution is -0.130. The molecule has 2 fully saturated rings. The molecule has 0 bridgehead atoms. The van der Waals surface area contributed by atoms with Crippen LogP contribution in [0.1, 0.15) is 29.6 Å². The fraction of sp³-hybridized carbons (Fsp3) is 0.471. The van der Waals surface area contributed by atoms with E-state index >= 15 is 0 Å². The SMILES string of the molecule is CN1CC[C@H](N(C)C(=O)c2cccc(N3CCCC3=O)c2)C1=O. The Kier molecular flexibility index (Phi) is 4.07. The molecule has 6 heteroatoms. The van der Waals surface area contributed by atoms with Gasteiger partial charge in [-0.05, 0) is 31.0 Å². The molecule has 0 unspecified atom stereocenters. The van der Waals surface area contributed by atoms with Crippen LogP contribution in [0.5, 0.6) is 0 Å². The fourth-order valence-electron chi connectivity index (χ4n) is 3.24. The zero-order valence-corrected chi connectivity index (χ0v) is 13.5. The predicted octanol–water partition coefficient (Wildman–Crippen LogP) is 1.12. The second-order valence-electron chi connectivity index (χ2n) is 6.18. The highest BCUT2D eigenvalue weighted by Gasteiger charge is 2.35. The minimum absolute atomic E-state index is 0.0216. The number of anilines is 1. The molecule has 0 aromatic heterocycles. The van der Waals surface area contributed by atoms with Crippen molar-refractivity contribution in [3.8, 4) is 0 Å². The first-order valence-corrected chi connectivity index (χ1v) is 7.91. The largest absolute Gasteiger partial charge is 0.344 e. The molecule has 2 aliphatic rings. The van der Waals surface area contributed by atoms with E-state index in [1.807, 2.05) is 6.07 Å². The smallest absolute Gasteiger partial charge is 0.254 e. The number of hydrogen-bond acceptors (Lipinski definition) is 3. The number of likely N-dealkylation sites (tertiary alicyclic amines) is 1. The van der Waals surface area contributed by atoms with Crippen molar-refractivity contribution < 1.29 is 14.4 Å². The first kappa shape index (κ1) is 15.5. The number of carbonyl (C=O) groups is 3. The van der Waals surface area contributed by atoms with Crippen molar-refractivity contribution in [3.63, 3.8) is 0 Å². The summed E-state index contributed by atoms with van der Waals surface area (Å²) in [6, 6.07) is 6.70. The molecule has 0 spiro atoms. The van der Waals surface area contributed by atoms with Gasteiger partial charge in [-0.2, -0.15) is 0 Å². The van der Waals surface area contributed by atoms with Gasteiger partial charge in [-0.1, -0.05) is 6.07 Å². The maximum atomic E-state index is 12.7. The summed E-state index contributed by atoms with van der Waals surface area (Å²) >= 11 is 0. The maximum absolute atomic E-state index is 12.7. The Balaban J connectivity index is 1.80. The quantitative estimate of drug-likeness (QED) is 0.840. The summed E-state index contributed by atoms with van der Waals surface area (Å²) in [5.41, 5.74) is 1.26. The summed E-state index contributed by atoms with van der Waals surface area (Å²) in [4.78, 5) is 41.5. The van der Waals surface area contributed by atoms with Gasteiger partial charge in [0.25, 0.3) is 5.91 Å². The van der Waals surface area contributed by atoms with Crippen LogP contribution in [0.2, 0.25) is 0 Å². The van der Waals surface area contributed by atoms with E-state index in [1.165, 1.54) is 4.90 Å². The van der Waals surface area contributed by atoms with Gasteiger partial charge in [0, 0.05) is 44.9 Å². The molecular weight excluding hydrogens is 294 g/mol. The molecular formula is C17H21N3O3. The van der Waals surface area contributed by atoms with Gasteiger partial charge in [-0.15, -0.1) is 0 Å². The van der Waals surface area contributed by atoms with E-state index in [0.29, 0.717) is 31.5 Å². The fourth-order valence-corrected chi connectivity index (χ4v) is 3.24. The minimum Gasteiger partial charge on any atom is -0.344 e. The normalized spacial score (nSPS) is 21.2. The van der Waals surface area contributed by atoms with Crippen LogP contribution in [-0.4, -0.2) is 60.7 Å². The van der Waals surface area contributed by atoms with Crippen molar-refractivity contribution in [2.24, 2.45) is 0 Å². The standard InChI is InChI=1S/C17H21N3O3/c1-18-10-8-14(17(18)23)19(2)16(22)12-5-3-6-13(11-12)20-9-4-7-15(20)21/h3,5-6,11,14H,4,7-10H2,1-2H3/t14-/m0/s1. The lowest BCUT2D eigenvalue weighted by Crippen LogP contribution is -2.42. The van der Waals surface area contributed by atoms with Crippen LogP contribution < -0.4 is 4.90 Å². The van der Waals surface area contributed by atoms with Gasteiger partial charge in [-0.25, -0.2) is 0 Å². The van der Waals surface area contributed by atoms with Gasteiger partial charge < -0.3 is 14.7 Å². The van der Waals surface area contributed by atoms with Crippen molar-refractivity contribution >= 4 is 23.4 Å². The van der Waals surface area contributed by atoms with Crippen LogP contribution in [0.3, 0.4) is 0 Å². The number of amides is 3. The van der Waals surface area contributed by atoms with Crippen molar-refractivity contribution in [1.82, 2.24) is 9.80 Å². The minimum atomic E-state index is -0.399. The van der Waals surface area contributed by atoms with E-state index in [0.717, 1.165) is 12.1 Å². The average Bonchev–Trinajstić information content (AvgIpc) is 3.13. The van der Waals surface area contributed by atoms with Gasteiger partial charge >= 0.3 is 0 Å². The summed E-state index contributed by atoms with van der Waals surface area (Å²) in [7, 11) is 3.41. The first-order valence-electron chi connectivity index (χ1n) is 7.91. The van der Waals surface area contributed by atoms with E-state index in [1.54, 1.807) is 42.1 Å². The van der Waals surface area contributed by atoms with Crippen molar-refractivity contribution in [3.05, 3.63) is 29.8 Å². The molecule has 23 heavy (non-hydrogen) atoms. The number of carbonyl (C=O) groups excluding carboxylic acids is 3. The number of likely N-dealkylation sites (N-methyl/N-ethyl adjacent to an activating group) is 2. The molecule has 1 atom stereocenters. The summed E-state index contributed by atoms with van der Waals surface area (Å²) in [5.74, 6) is -0.116. The lowest BCUT2D eigenvalue weighted by Gasteiger charge is -2.24. The molecule has 122 valence electrons. The molecule has 2 heterocycles. The van der Waals surface area contributed by atoms with Crippen molar-refractivity contribution in [2.45, 2.75) is 25.3 Å². The monoisotopic (exact) mass is 315 g/mol. The van der Waals surface area contributed by atoms with Crippen molar-refractivity contribution in [2.75, 3.05) is 32.1 Å². The average molecular weight is 315 g/mol. The maximum Gasteiger partial charge on any atom is 0.254 e. The topological polar surface area (TPSA) is 60.9 Å². The Morgan fingerprint density at radius 2 is 2.04 bits per heavy atom.